The van der Waals surface area contributed by atoms with Crippen LogP contribution in [-0.2, 0) is 27.2 Å². The molecule has 0 saturated carbocycles. The van der Waals surface area contributed by atoms with E-state index in [0.717, 1.165) is 7.05 Å². The van der Waals surface area contributed by atoms with E-state index in [2.05, 4.69) is 0 Å². The predicted molar refractivity (Wildman–Crippen MR) is 97.9 cm³/mol. The third-order valence-electron chi connectivity index (χ3n) is 4.01. The van der Waals surface area contributed by atoms with E-state index < -0.39 is 51.6 Å². The lowest BCUT2D eigenvalue weighted by Gasteiger charge is -2.18. The maximum Gasteiger partial charge on any atom is 0.416 e. The monoisotopic (exact) mass is 470 g/mol. The second kappa shape index (κ2) is 8.75. The highest BCUT2D eigenvalue weighted by Crippen LogP contribution is 2.37. The number of amides is 1. The van der Waals surface area contributed by atoms with Crippen molar-refractivity contribution in [2.24, 2.45) is 0 Å². The molecule has 170 valence electrons. The zero-order valence-electron chi connectivity index (χ0n) is 16.0. The summed E-state index contributed by atoms with van der Waals surface area (Å²) in [6.07, 6.45) is -10.2. The first kappa shape index (κ1) is 24.5. The number of benzene rings is 2. The van der Waals surface area contributed by atoms with Crippen molar-refractivity contribution in [2.75, 3.05) is 26.0 Å². The number of sulfonamides is 1. The van der Waals surface area contributed by atoms with Crippen LogP contribution in [0.1, 0.15) is 11.1 Å². The zero-order valence-corrected chi connectivity index (χ0v) is 16.8. The van der Waals surface area contributed by atoms with Gasteiger partial charge in [0, 0.05) is 12.7 Å². The Hall–Kier alpha value is -2.80. The SMILES string of the molecule is COc1ccc(S(=O)(=O)N(C)CC(=O)Nc2cc(C(F)(F)F)cc(C(F)(F)F)c2)cc1. The molecular weight excluding hydrogens is 454 g/mol. The number of nitrogens with zero attached hydrogens (tertiary/aromatic N) is 1. The van der Waals surface area contributed by atoms with E-state index >= 15 is 0 Å². The summed E-state index contributed by atoms with van der Waals surface area (Å²) in [7, 11) is -1.75. The standard InChI is InChI=1S/C18H16F6N2O4S/c1-26(31(28,29)15-5-3-14(30-2)4-6-15)10-16(27)25-13-8-11(17(19,20)21)7-12(9-13)18(22,23)24/h3-9H,10H2,1-2H3,(H,25,27). The number of hydrogen-bond donors (Lipinski definition) is 1. The van der Waals surface area contributed by atoms with Gasteiger partial charge in [0.25, 0.3) is 0 Å². The summed E-state index contributed by atoms with van der Waals surface area (Å²) in [5.74, 6) is -0.753. The fourth-order valence-electron chi connectivity index (χ4n) is 2.44. The summed E-state index contributed by atoms with van der Waals surface area (Å²) in [6.45, 7) is -0.855. The van der Waals surface area contributed by atoms with Crippen LogP contribution in [0.5, 0.6) is 5.75 Å². The van der Waals surface area contributed by atoms with Crippen molar-refractivity contribution in [3.63, 3.8) is 0 Å². The maximum atomic E-state index is 12.9. The number of anilines is 1. The molecule has 6 nitrogen and oxygen atoms in total. The summed E-state index contributed by atoms with van der Waals surface area (Å²) in [5, 5.41) is 1.87. The molecule has 2 aromatic carbocycles. The second-order valence-corrected chi connectivity index (χ2v) is 8.32. The van der Waals surface area contributed by atoms with Crippen LogP contribution in [-0.4, -0.2) is 39.3 Å². The lowest BCUT2D eigenvalue weighted by atomic mass is 10.1. The molecule has 0 radical (unpaired) electrons. The molecule has 0 aliphatic carbocycles. The van der Waals surface area contributed by atoms with Crippen molar-refractivity contribution in [3.8, 4) is 5.75 Å². The van der Waals surface area contributed by atoms with Gasteiger partial charge in [0.05, 0.1) is 29.7 Å². The van der Waals surface area contributed by atoms with Crippen LogP contribution in [0.2, 0.25) is 0 Å². The molecule has 0 spiro atoms. The lowest BCUT2D eigenvalue weighted by Crippen LogP contribution is -2.35. The van der Waals surface area contributed by atoms with Gasteiger partial charge in [0.2, 0.25) is 15.9 Å². The number of hydrogen-bond acceptors (Lipinski definition) is 4. The van der Waals surface area contributed by atoms with Crippen molar-refractivity contribution in [2.45, 2.75) is 17.2 Å². The Labute approximate surface area is 173 Å². The molecule has 2 rings (SSSR count). The van der Waals surface area contributed by atoms with Gasteiger partial charge in [0.1, 0.15) is 5.75 Å². The number of nitrogens with one attached hydrogen (secondary N) is 1. The molecule has 31 heavy (non-hydrogen) atoms. The minimum Gasteiger partial charge on any atom is -0.497 e. The first-order chi connectivity index (χ1) is 14.1. The average Bonchev–Trinajstić information content (AvgIpc) is 2.66. The van der Waals surface area contributed by atoms with Crippen LogP contribution in [0, 0.1) is 0 Å². The minimum atomic E-state index is -5.09. The molecule has 0 fully saturated rings. The largest absolute Gasteiger partial charge is 0.497 e. The van der Waals surface area contributed by atoms with Crippen molar-refractivity contribution >= 4 is 21.6 Å². The van der Waals surface area contributed by atoms with Crippen molar-refractivity contribution in [1.82, 2.24) is 4.31 Å². The number of alkyl halides is 6. The number of rotatable bonds is 6. The van der Waals surface area contributed by atoms with Crippen LogP contribution < -0.4 is 10.1 Å². The van der Waals surface area contributed by atoms with Gasteiger partial charge in [-0.25, -0.2) is 8.42 Å². The zero-order chi connectivity index (χ0) is 23.6. The quantitative estimate of drug-likeness (QED) is 0.648. The number of halogens is 6. The van der Waals surface area contributed by atoms with Gasteiger partial charge in [-0.05, 0) is 42.5 Å². The number of carbonyl (C=O) groups is 1. The van der Waals surface area contributed by atoms with Crippen LogP contribution in [0.25, 0.3) is 0 Å². The van der Waals surface area contributed by atoms with E-state index in [0.29, 0.717) is 22.2 Å². The Kier molecular flexibility index (Phi) is 6.90. The molecule has 13 heteroatoms. The Morgan fingerprint density at radius 2 is 1.45 bits per heavy atom. The van der Waals surface area contributed by atoms with Gasteiger partial charge in [-0.1, -0.05) is 0 Å². The summed E-state index contributed by atoms with van der Waals surface area (Å²) in [6, 6.07) is 5.71. The third kappa shape index (κ3) is 6.10. The van der Waals surface area contributed by atoms with Crippen LogP contribution >= 0.6 is 0 Å². The third-order valence-corrected chi connectivity index (χ3v) is 5.82. The first-order valence-electron chi connectivity index (χ1n) is 8.34. The minimum absolute atomic E-state index is 0.0874. The molecule has 1 N–H and O–H groups in total. The van der Waals surface area contributed by atoms with E-state index in [9.17, 15) is 39.6 Å². The Morgan fingerprint density at radius 1 is 0.968 bits per heavy atom. The molecule has 0 heterocycles. The molecule has 0 aliphatic rings. The molecule has 0 atom stereocenters. The topological polar surface area (TPSA) is 75.7 Å². The van der Waals surface area contributed by atoms with Gasteiger partial charge < -0.3 is 10.1 Å². The van der Waals surface area contributed by atoms with Crippen LogP contribution in [0.3, 0.4) is 0 Å². The number of carbonyl (C=O) groups excluding carboxylic acids is 1. The van der Waals surface area contributed by atoms with E-state index in [1.807, 2.05) is 5.32 Å². The predicted octanol–water partition coefficient (Wildman–Crippen LogP) is 3.99. The average molecular weight is 470 g/mol. The molecule has 2 aromatic rings. The van der Waals surface area contributed by atoms with E-state index in [4.69, 9.17) is 4.74 Å². The molecule has 0 aromatic heterocycles. The van der Waals surface area contributed by atoms with Gasteiger partial charge >= 0.3 is 12.4 Å². The van der Waals surface area contributed by atoms with Gasteiger partial charge in [-0.3, -0.25) is 4.79 Å². The highest BCUT2D eigenvalue weighted by Gasteiger charge is 2.37. The van der Waals surface area contributed by atoms with Crippen molar-refractivity contribution in [3.05, 3.63) is 53.6 Å². The normalized spacial score (nSPS) is 12.7. The van der Waals surface area contributed by atoms with E-state index in [-0.39, 0.29) is 11.0 Å². The highest BCUT2D eigenvalue weighted by molar-refractivity contribution is 7.89. The van der Waals surface area contributed by atoms with Gasteiger partial charge in [0.15, 0.2) is 0 Å². The molecule has 0 unspecified atom stereocenters. The van der Waals surface area contributed by atoms with E-state index in [1.54, 1.807) is 0 Å². The summed E-state index contributed by atoms with van der Waals surface area (Å²) < 4.78 is 108. The Balaban J connectivity index is 2.22. The highest BCUT2D eigenvalue weighted by atomic mass is 32.2. The summed E-state index contributed by atoms with van der Waals surface area (Å²) in [5.41, 5.74) is -4.00. The number of methoxy groups -OCH3 is 1. The lowest BCUT2D eigenvalue weighted by molar-refractivity contribution is -0.143. The smallest absolute Gasteiger partial charge is 0.416 e. The first-order valence-corrected chi connectivity index (χ1v) is 9.78. The fourth-order valence-corrected chi connectivity index (χ4v) is 3.57. The molecule has 0 saturated heterocycles. The van der Waals surface area contributed by atoms with E-state index in [1.165, 1.54) is 31.4 Å². The Bertz CT molecular complexity index is 1020. The van der Waals surface area contributed by atoms with Crippen molar-refractivity contribution in [1.29, 1.82) is 0 Å². The molecule has 0 aliphatic heterocycles. The molecular formula is C18H16F6N2O4S. The molecule has 0 bridgehead atoms. The maximum absolute atomic E-state index is 12.9. The number of ether oxygens (including phenoxy) is 1. The second-order valence-electron chi connectivity index (χ2n) is 6.28. The van der Waals surface area contributed by atoms with Crippen molar-refractivity contribution < 1.29 is 44.3 Å². The van der Waals surface area contributed by atoms with Crippen LogP contribution in [0.15, 0.2) is 47.4 Å². The summed E-state index contributed by atoms with van der Waals surface area (Å²) in [4.78, 5) is 11.9. The summed E-state index contributed by atoms with van der Waals surface area (Å²) >= 11 is 0. The molecule has 1 amide bonds. The number of likely N-dealkylation sites (N-methyl/N-ethyl adjacent to an activating group) is 1. The fraction of sp³-hybridized carbons (Fsp3) is 0.278. The van der Waals surface area contributed by atoms with Gasteiger partial charge in [-0.15, -0.1) is 0 Å². The van der Waals surface area contributed by atoms with Gasteiger partial charge in [-0.2, -0.15) is 30.6 Å². The Morgan fingerprint density at radius 3 is 1.87 bits per heavy atom. The van der Waals surface area contributed by atoms with Crippen LogP contribution in [0.4, 0.5) is 32.0 Å².